The number of aliphatic hydroxyl groups is 1. The van der Waals surface area contributed by atoms with Crippen molar-refractivity contribution in [2.45, 2.75) is 5.44 Å². The molecule has 0 amide bonds. The summed E-state index contributed by atoms with van der Waals surface area (Å²) >= 11 is 1.38. The minimum atomic E-state index is -0.356. The van der Waals surface area contributed by atoms with Crippen LogP contribution in [0.5, 0.6) is 0 Å². The van der Waals surface area contributed by atoms with Gasteiger partial charge >= 0.3 is 0 Å². The van der Waals surface area contributed by atoms with Crippen LogP contribution >= 0.6 is 11.8 Å². The molecule has 2 nitrogen and oxygen atoms in total. The molecule has 0 heterocycles. The van der Waals surface area contributed by atoms with Crippen LogP contribution in [0.4, 0.5) is 0 Å². The zero-order chi connectivity index (χ0) is 5.70. The van der Waals surface area contributed by atoms with Crippen LogP contribution in [0.1, 0.15) is 0 Å². The zero-order valence-corrected chi connectivity index (χ0v) is 5.36. The van der Waals surface area contributed by atoms with Gasteiger partial charge in [0.15, 0.2) is 0 Å². The Labute approximate surface area is 47.9 Å². The highest BCUT2D eigenvalue weighted by molar-refractivity contribution is 7.99. The fourth-order valence-electron chi connectivity index (χ4n) is 0.211. The Kier molecular flexibility index (Phi) is 4.60. The fourth-order valence-corrected chi connectivity index (χ4v) is 0.483. The van der Waals surface area contributed by atoms with Crippen molar-refractivity contribution in [3.8, 4) is 0 Å². The summed E-state index contributed by atoms with van der Waals surface area (Å²) in [7, 11) is 1.57. The summed E-state index contributed by atoms with van der Waals surface area (Å²) in [6.07, 6.45) is 1.84. The van der Waals surface area contributed by atoms with Crippen molar-refractivity contribution < 1.29 is 9.84 Å². The minimum Gasteiger partial charge on any atom is -0.381 e. The molecule has 0 fully saturated rings. The zero-order valence-electron chi connectivity index (χ0n) is 4.55. The summed E-state index contributed by atoms with van der Waals surface area (Å²) in [5.41, 5.74) is -0.356. The van der Waals surface area contributed by atoms with Gasteiger partial charge in [0.05, 0.1) is 6.61 Å². The predicted molar refractivity (Wildman–Crippen MR) is 31.4 cm³/mol. The first-order valence-electron chi connectivity index (χ1n) is 2.01. The van der Waals surface area contributed by atoms with Gasteiger partial charge in [-0.1, -0.05) is 0 Å². The SMILES string of the molecule is COCC(O)SC. The molecule has 0 saturated carbocycles. The number of methoxy groups -OCH3 is 1. The van der Waals surface area contributed by atoms with Gasteiger partial charge in [-0.25, -0.2) is 0 Å². The lowest BCUT2D eigenvalue weighted by Crippen LogP contribution is -2.07. The lowest BCUT2D eigenvalue weighted by atomic mass is 10.8. The Bertz CT molecular complexity index is 40.7. The molecule has 1 N–H and O–H groups in total. The second kappa shape index (κ2) is 4.43. The summed E-state index contributed by atoms with van der Waals surface area (Å²) in [5, 5.41) is 8.70. The number of aliphatic hydroxyl groups excluding tert-OH is 1. The standard InChI is InChI=1S/C4H10O2S/c1-6-3-4(5)7-2/h4-5H,3H2,1-2H3. The van der Waals surface area contributed by atoms with Crippen LogP contribution in [0.25, 0.3) is 0 Å². The Hall–Kier alpha value is 0.270. The first-order chi connectivity index (χ1) is 3.31. The molecule has 0 rings (SSSR count). The fraction of sp³-hybridized carbons (Fsp3) is 1.00. The topological polar surface area (TPSA) is 29.5 Å². The van der Waals surface area contributed by atoms with E-state index in [1.807, 2.05) is 6.26 Å². The Balaban J connectivity index is 2.83. The van der Waals surface area contributed by atoms with Gasteiger partial charge in [0.1, 0.15) is 5.44 Å². The minimum absolute atomic E-state index is 0.356. The molecule has 7 heavy (non-hydrogen) atoms. The van der Waals surface area contributed by atoms with E-state index in [1.165, 1.54) is 11.8 Å². The normalized spacial score (nSPS) is 14.1. The molecule has 0 radical (unpaired) electrons. The molecule has 3 heteroatoms. The van der Waals surface area contributed by atoms with E-state index in [0.29, 0.717) is 6.61 Å². The van der Waals surface area contributed by atoms with Crippen LogP contribution in [0, 0.1) is 0 Å². The third-order valence-corrected chi connectivity index (χ3v) is 1.26. The van der Waals surface area contributed by atoms with Crippen LogP contribution in [0.2, 0.25) is 0 Å². The van der Waals surface area contributed by atoms with E-state index in [-0.39, 0.29) is 5.44 Å². The summed E-state index contributed by atoms with van der Waals surface area (Å²) in [6.45, 7) is 0.418. The molecule has 0 bridgehead atoms. The van der Waals surface area contributed by atoms with Gasteiger partial charge in [-0.2, -0.15) is 0 Å². The summed E-state index contributed by atoms with van der Waals surface area (Å²) < 4.78 is 4.62. The van der Waals surface area contributed by atoms with Crippen molar-refractivity contribution >= 4 is 11.8 Å². The third kappa shape index (κ3) is 4.12. The maximum Gasteiger partial charge on any atom is 0.122 e. The second-order valence-corrected chi connectivity index (χ2v) is 2.16. The van der Waals surface area contributed by atoms with Crippen LogP contribution in [-0.4, -0.2) is 30.5 Å². The van der Waals surface area contributed by atoms with Gasteiger partial charge in [0.25, 0.3) is 0 Å². The third-order valence-electron chi connectivity index (χ3n) is 0.581. The molecule has 1 unspecified atom stereocenters. The van der Waals surface area contributed by atoms with Crippen molar-refractivity contribution in [2.24, 2.45) is 0 Å². The summed E-state index contributed by atoms with van der Waals surface area (Å²) in [6, 6.07) is 0. The number of hydrogen-bond acceptors (Lipinski definition) is 3. The van der Waals surface area contributed by atoms with Crippen LogP contribution in [0.3, 0.4) is 0 Å². The van der Waals surface area contributed by atoms with E-state index in [4.69, 9.17) is 5.11 Å². The number of hydrogen-bond donors (Lipinski definition) is 1. The Morgan fingerprint density at radius 3 is 2.57 bits per heavy atom. The molecule has 0 aliphatic heterocycles. The highest BCUT2D eigenvalue weighted by atomic mass is 32.2. The van der Waals surface area contributed by atoms with Gasteiger partial charge in [-0.05, 0) is 6.26 Å². The Morgan fingerprint density at radius 1 is 1.86 bits per heavy atom. The van der Waals surface area contributed by atoms with Gasteiger partial charge < -0.3 is 9.84 Å². The van der Waals surface area contributed by atoms with Gasteiger partial charge in [0, 0.05) is 7.11 Å². The van der Waals surface area contributed by atoms with Crippen molar-refractivity contribution in [1.29, 1.82) is 0 Å². The lowest BCUT2D eigenvalue weighted by Gasteiger charge is -2.02. The van der Waals surface area contributed by atoms with Gasteiger partial charge in [0.2, 0.25) is 0 Å². The largest absolute Gasteiger partial charge is 0.381 e. The molecular weight excluding hydrogens is 112 g/mol. The quantitative estimate of drug-likeness (QED) is 0.546. The molecule has 0 aliphatic rings. The molecule has 0 aliphatic carbocycles. The van der Waals surface area contributed by atoms with Gasteiger partial charge in [-0.3, -0.25) is 0 Å². The van der Waals surface area contributed by atoms with Gasteiger partial charge in [-0.15, -0.1) is 11.8 Å². The van der Waals surface area contributed by atoms with E-state index in [9.17, 15) is 0 Å². The first kappa shape index (κ1) is 7.27. The highest BCUT2D eigenvalue weighted by Gasteiger charge is 1.95. The van der Waals surface area contributed by atoms with E-state index < -0.39 is 0 Å². The maximum absolute atomic E-state index is 8.70. The maximum atomic E-state index is 8.70. The van der Waals surface area contributed by atoms with Crippen molar-refractivity contribution in [2.75, 3.05) is 20.0 Å². The highest BCUT2D eigenvalue weighted by Crippen LogP contribution is 2.00. The van der Waals surface area contributed by atoms with Crippen LogP contribution in [0.15, 0.2) is 0 Å². The smallest absolute Gasteiger partial charge is 0.122 e. The molecule has 1 atom stereocenters. The van der Waals surface area contributed by atoms with Crippen LogP contribution < -0.4 is 0 Å². The van der Waals surface area contributed by atoms with Crippen molar-refractivity contribution in [3.63, 3.8) is 0 Å². The number of ether oxygens (including phenoxy) is 1. The second-order valence-electron chi connectivity index (χ2n) is 1.15. The monoisotopic (exact) mass is 122 g/mol. The van der Waals surface area contributed by atoms with E-state index in [2.05, 4.69) is 4.74 Å². The van der Waals surface area contributed by atoms with Crippen molar-refractivity contribution in [3.05, 3.63) is 0 Å². The first-order valence-corrected chi connectivity index (χ1v) is 3.30. The average Bonchev–Trinajstić information content (AvgIpc) is 1.68. The summed E-state index contributed by atoms with van der Waals surface area (Å²) in [4.78, 5) is 0. The molecule has 0 spiro atoms. The molecule has 0 aromatic rings. The predicted octanol–water partition coefficient (Wildman–Crippen LogP) is 0.314. The average molecular weight is 122 g/mol. The van der Waals surface area contributed by atoms with E-state index in [0.717, 1.165) is 0 Å². The summed E-state index contributed by atoms with van der Waals surface area (Å²) in [5.74, 6) is 0. The van der Waals surface area contributed by atoms with Crippen LogP contribution in [-0.2, 0) is 4.74 Å². The number of thioether (sulfide) groups is 1. The molecular formula is C4H10O2S. The Morgan fingerprint density at radius 2 is 2.43 bits per heavy atom. The molecule has 44 valence electrons. The lowest BCUT2D eigenvalue weighted by molar-refractivity contribution is 0.116. The molecule has 0 aromatic carbocycles. The number of rotatable bonds is 3. The van der Waals surface area contributed by atoms with E-state index in [1.54, 1.807) is 7.11 Å². The molecule has 0 aromatic heterocycles. The molecule has 0 saturated heterocycles. The van der Waals surface area contributed by atoms with E-state index >= 15 is 0 Å². The van der Waals surface area contributed by atoms with Crippen molar-refractivity contribution in [1.82, 2.24) is 0 Å².